The lowest BCUT2D eigenvalue weighted by molar-refractivity contribution is 0.202. The highest BCUT2D eigenvalue weighted by Gasteiger charge is 2.44. The summed E-state index contributed by atoms with van der Waals surface area (Å²) in [6.07, 6.45) is 5.60. The predicted molar refractivity (Wildman–Crippen MR) is 100 cm³/mol. The number of aliphatic hydroxyl groups is 1. The Morgan fingerprint density at radius 1 is 1.35 bits per heavy atom. The first-order valence-electron chi connectivity index (χ1n) is 9.11. The van der Waals surface area contributed by atoms with E-state index < -0.39 is 0 Å². The third-order valence-corrected chi connectivity index (χ3v) is 5.21. The summed E-state index contributed by atoms with van der Waals surface area (Å²) in [6.45, 7) is 4.94. The van der Waals surface area contributed by atoms with E-state index in [9.17, 15) is 5.11 Å². The summed E-state index contributed by atoms with van der Waals surface area (Å²) in [5, 5.41) is 21.9. The molecular formula is C18H25N7O. The quantitative estimate of drug-likeness (QED) is 0.593. The Morgan fingerprint density at radius 2 is 2.15 bits per heavy atom. The van der Waals surface area contributed by atoms with Gasteiger partial charge < -0.3 is 16.2 Å². The molecule has 0 bridgehead atoms. The molecular weight excluding hydrogens is 330 g/mol. The Kier molecular flexibility index (Phi) is 4.07. The second-order valence-electron chi connectivity index (χ2n) is 7.03. The van der Waals surface area contributed by atoms with Gasteiger partial charge in [0.1, 0.15) is 11.6 Å². The molecule has 4 rings (SSSR count). The summed E-state index contributed by atoms with van der Waals surface area (Å²) in [5.74, 6) is 1.32. The van der Waals surface area contributed by atoms with Crippen molar-refractivity contribution in [3.05, 3.63) is 35.3 Å². The average molecular weight is 355 g/mol. The van der Waals surface area contributed by atoms with Gasteiger partial charge in [0.15, 0.2) is 5.65 Å². The molecule has 1 aliphatic rings. The van der Waals surface area contributed by atoms with Crippen LogP contribution in [0.5, 0.6) is 0 Å². The summed E-state index contributed by atoms with van der Waals surface area (Å²) in [6, 6.07) is 3.82. The van der Waals surface area contributed by atoms with Gasteiger partial charge in [-0.15, -0.1) is 0 Å². The smallest absolute Gasteiger partial charge is 0.163 e. The Balaban J connectivity index is 1.45. The standard InChI is InChI=1S/C18H25N7O/c1-3-14-12(2)22-25-15(19)10-16(21-17(14)25)20-8-4-13-5-9-24(23-13)18(11-26)6-7-18/h5,9-10,26H,3-4,6-8,11,19H2,1-2H3,(H,20,21). The second kappa shape index (κ2) is 6.28. The molecule has 8 nitrogen and oxygen atoms in total. The van der Waals surface area contributed by atoms with Crippen molar-refractivity contribution in [2.75, 3.05) is 24.2 Å². The lowest BCUT2D eigenvalue weighted by Gasteiger charge is -2.11. The number of aryl methyl sites for hydroxylation is 2. The van der Waals surface area contributed by atoms with Gasteiger partial charge in [0.2, 0.25) is 0 Å². The van der Waals surface area contributed by atoms with Crippen LogP contribution in [0.25, 0.3) is 5.65 Å². The zero-order chi connectivity index (χ0) is 18.3. The molecule has 0 spiro atoms. The monoisotopic (exact) mass is 355 g/mol. The molecule has 4 N–H and O–H groups in total. The van der Waals surface area contributed by atoms with E-state index in [0.717, 1.165) is 54.1 Å². The summed E-state index contributed by atoms with van der Waals surface area (Å²) < 4.78 is 3.61. The Morgan fingerprint density at radius 3 is 2.85 bits per heavy atom. The summed E-state index contributed by atoms with van der Waals surface area (Å²) in [7, 11) is 0. The third kappa shape index (κ3) is 2.80. The minimum atomic E-state index is -0.150. The number of hydrogen-bond donors (Lipinski definition) is 3. The molecule has 3 aromatic rings. The van der Waals surface area contributed by atoms with E-state index in [4.69, 9.17) is 5.73 Å². The molecule has 0 saturated heterocycles. The lowest BCUT2D eigenvalue weighted by Crippen LogP contribution is -2.22. The number of aromatic nitrogens is 5. The molecule has 1 saturated carbocycles. The predicted octanol–water partition coefficient (Wildman–Crippen LogP) is 1.51. The highest BCUT2D eigenvalue weighted by Crippen LogP contribution is 2.42. The first-order chi connectivity index (χ1) is 12.6. The fraction of sp³-hybridized carbons (Fsp3) is 0.500. The SMILES string of the molecule is CCc1c(C)nn2c(N)cc(NCCc3ccn(C4(CO)CC4)n3)nc12. The number of nitrogens with two attached hydrogens (primary N) is 1. The van der Waals surface area contributed by atoms with Gasteiger partial charge in [-0.25, -0.2) is 4.98 Å². The van der Waals surface area contributed by atoms with Crippen molar-refractivity contribution in [3.63, 3.8) is 0 Å². The number of anilines is 2. The van der Waals surface area contributed by atoms with Crippen LogP contribution in [-0.2, 0) is 18.4 Å². The van der Waals surface area contributed by atoms with Crippen LogP contribution in [0, 0.1) is 6.92 Å². The minimum absolute atomic E-state index is 0.150. The van der Waals surface area contributed by atoms with Crippen LogP contribution in [-0.4, -0.2) is 42.6 Å². The largest absolute Gasteiger partial charge is 0.394 e. The van der Waals surface area contributed by atoms with Crippen LogP contribution in [0.15, 0.2) is 18.3 Å². The molecule has 3 heterocycles. The number of aliphatic hydroxyl groups excluding tert-OH is 1. The molecule has 138 valence electrons. The maximum atomic E-state index is 9.50. The molecule has 0 atom stereocenters. The van der Waals surface area contributed by atoms with Gasteiger partial charge in [0.25, 0.3) is 0 Å². The third-order valence-electron chi connectivity index (χ3n) is 5.21. The van der Waals surface area contributed by atoms with E-state index in [0.29, 0.717) is 12.4 Å². The zero-order valence-electron chi connectivity index (χ0n) is 15.2. The highest BCUT2D eigenvalue weighted by atomic mass is 16.3. The maximum absolute atomic E-state index is 9.50. The maximum Gasteiger partial charge on any atom is 0.163 e. The summed E-state index contributed by atoms with van der Waals surface area (Å²) in [5.41, 5.74) is 9.89. The Bertz CT molecular complexity index is 939. The molecule has 0 amide bonds. The molecule has 26 heavy (non-hydrogen) atoms. The molecule has 1 aliphatic carbocycles. The molecule has 0 radical (unpaired) electrons. The number of nitrogen functional groups attached to an aromatic ring is 1. The fourth-order valence-electron chi connectivity index (χ4n) is 3.38. The zero-order valence-corrected chi connectivity index (χ0v) is 15.2. The Labute approximate surface area is 152 Å². The van der Waals surface area contributed by atoms with Crippen molar-refractivity contribution < 1.29 is 5.11 Å². The van der Waals surface area contributed by atoms with Gasteiger partial charge >= 0.3 is 0 Å². The number of rotatable bonds is 7. The van der Waals surface area contributed by atoms with Crippen LogP contribution in [0.4, 0.5) is 11.6 Å². The van der Waals surface area contributed by atoms with Crippen molar-refractivity contribution in [1.82, 2.24) is 24.4 Å². The van der Waals surface area contributed by atoms with Crippen molar-refractivity contribution >= 4 is 17.3 Å². The van der Waals surface area contributed by atoms with E-state index in [2.05, 4.69) is 27.4 Å². The van der Waals surface area contributed by atoms with Gasteiger partial charge in [-0.05, 0) is 32.3 Å². The molecule has 3 aromatic heterocycles. The minimum Gasteiger partial charge on any atom is -0.394 e. The van der Waals surface area contributed by atoms with Gasteiger partial charge in [-0.2, -0.15) is 14.7 Å². The molecule has 8 heteroatoms. The van der Waals surface area contributed by atoms with Gasteiger partial charge in [0, 0.05) is 30.8 Å². The van der Waals surface area contributed by atoms with Crippen molar-refractivity contribution in [1.29, 1.82) is 0 Å². The average Bonchev–Trinajstić information content (AvgIpc) is 3.16. The van der Waals surface area contributed by atoms with Crippen LogP contribution < -0.4 is 11.1 Å². The number of hydrogen-bond acceptors (Lipinski definition) is 6. The number of nitrogens with one attached hydrogen (secondary N) is 1. The lowest BCUT2D eigenvalue weighted by atomic mass is 10.2. The van der Waals surface area contributed by atoms with E-state index in [1.807, 2.05) is 29.9 Å². The molecule has 0 aromatic carbocycles. The fourth-order valence-corrected chi connectivity index (χ4v) is 3.38. The van der Waals surface area contributed by atoms with Crippen LogP contribution in [0.3, 0.4) is 0 Å². The highest BCUT2D eigenvalue weighted by molar-refractivity contribution is 5.60. The summed E-state index contributed by atoms with van der Waals surface area (Å²) >= 11 is 0. The van der Waals surface area contributed by atoms with E-state index in [1.165, 1.54) is 0 Å². The Hall–Kier alpha value is -2.61. The van der Waals surface area contributed by atoms with E-state index >= 15 is 0 Å². The van der Waals surface area contributed by atoms with E-state index in [-0.39, 0.29) is 12.1 Å². The van der Waals surface area contributed by atoms with Crippen LogP contribution in [0.2, 0.25) is 0 Å². The first-order valence-corrected chi connectivity index (χ1v) is 9.11. The number of nitrogens with zero attached hydrogens (tertiary/aromatic N) is 5. The van der Waals surface area contributed by atoms with Crippen molar-refractivity contribution in [2.45, 2.75) is 45.1 Å². The van der Waals surface area contributed by atoms with Crippen LogP contribution >= 0.6 is 0 Å². The van der Waals surface area contributed by atoms with Crippen LogP contribution in [0.1, 0.15) is 36.7 Å². The number of fused-ring (bicyclic) bond motifs is 1. The molecule has 1 fully saturated rings. The normalized spacial score (nSPS) is 15.5. The van der Waals surface area contributed by atoms with Crippen molar-refractivity contribution in [3.8, 4) is 0 Å². The second-order valence-corrected chi connectivity index (χ2v) is 7.03. The van der Waals surface area contributed by atoms with E-state index in [1.54, 1.807) is 4.52 Å². The molecule has 0 aliphatic heterocycles. The van der Waals surface area contributed by atoms with Gasteiger partial charge in [-0.1, -0.05) is 6.92 Å². The topological polar surface area (TPSA) is 106 Å². The van der Waals surface area contributed by atoms with Gasteiger partial charge in [-0.3, -0.25) is 4.68 Å². The van der Waals surface area contributed by atoms with Crippen molar-refractivity contribution in [2.24, 2.45) is 0 Å². The first kappa shape index (κ1) is 16.8. The summed E-state index contributed by atoms with van der Waals surface area (Å²) in [4.78, 5) is 4.68. The molecule has 0 unspecified atom stereocenters. The van der Waals surface area contributed by atoms with Gasteiger partial charge in [0.05, 0.1) is 23.5 Å².